The van der Waals surface area contributed by atoms with Crippen molar-refractivity contribution < 1.29 is 9.59 Å². The number of nitrogens with zero attached hydrogens (tertiary/aromatic N) is 3. The van der Waals surface area contributed by atoms with Gasteiger partial charge in [0, 0.05) is 35.3 Å². The van der Waals surface area contributed by atoms with Crippen LogP contribution in [0.1, 0.15) is 47.1 Å². The second kappa shape index (κ2) is 7.79. The Labute approximate surface area is 173 Å². The first-order valence-electron chi connectivity index (χ1n) is 9.70. The summed E-state index contributed by atoms with van der Waals surface area (Å²) in [5.74, 6) is -0.131. The Morgan fingerprint density at radius 2 is 2.14 bits per heavy atom. The predicted molar refractivity (Wildman–Crippen MR) is 114 cm³/mol. The van der Waals surface area contributed by atoms with E-state index >= 15 is 0 Å². The van der Waals surface area contributed by atoms with Crippen molar-refractivity contribution in [2.45, 2.75) is 46.6 Å². The topological polar surface area (TPSA) is 88.9 Å². The second-order valence-corrected chi connectivity index (χ2v) is 8.04. The summed E-state index contributed by atoms with van der Waals surface area (Å²) in [4.78, 5) is 28.9. The van der Waals surface area contributed by atoms with Crippen LogP contribution >= 0.6 is 11.3 Å². The molecular formula is C21H23N5O2S. The van der Waals surface area contributed by atoms with Crippen LogP contribution in [0.2, 0.25) is 0 Å². The first-order chi connectivity index (χ1) is 14.0. The number of rotatable bonds is 5. The van der Waals surface area contributed by atoms with E-state index in [1.165, 1.54) is 11.3 Å². The van der Waals surface area contributed by atoms with Crippen molar-refractivity contribution in [1.29, 1.82) is 0 Å². The minimum Gasteiger partial charge on any atom is -0.326 e. The molecule has 3 heterocycles. The molecule has 2 amide bonds. The fourth-order valence-electron chi connectivity index (χ4n) is 3.62. The van der Waals surface area contributed by atoms with Gasteiger partial charge in [-0.2, -0.15) is 5.10 Å². The van der Waals surface area contributed by atoms with Crippen LogP contribution in [-0.2, 0) is 17.8 Å². The molecule has 0 saturated carbocycles. The van der Waals surface area contributed by atoms with Gasteiger partial charge in [-0.15, -0.1) is 11.3 Å². The second-order valence-electron chi connectivity index (χ2n) is 7.18. The maximum absolute atomic E-state index is 12.8. The Morgan fingerprint density at radius 3 is 2.93 bits per heavy atom. The Morgan fingerprint density at radius 1 is 1.31 bits per heavy atom. The molecule has 29 heavy (non-hydrogen) atoms. The van der Waals surface area contributed by atoms with Crippen LogP contribution in [-0.4, -0.2) is 26.6 Å². The number of hydrogen-bond donors (Lipinski definition) is 2. The molecule has 0 unspecified atom stereocenters. The number of benzene rings is 1. The molecular weight excluding hydrogens is 386 g/mol. The van der Waals surface area contributed by atoms with E-state index in [1.807, 2.05) is 36.0 Å². The monoisotopic (exact) mass is 409 g/mol. The average Bonchev–Trinajstić information content (AvgIpc) is 3.26. The van der Waals surface area contributed by atoms with Crippen molar-refractivity contribution in [3.8, 4) is 11.3 Å². The summed E-state index contributed by atoms with van der Waals surface area (Å²) in [5, 5.41) is 12.8. The fourth-order valence-corrected chi connectivity index (χ4v) is 4.34. The Kier molecular flexibility index (Phi) is 5.19. The quantitative estimate of drug-likeness (QED) is 0.662. The van der Waals surface area contributed by atoms with E-state index in [1.54, 1.807) is 0 Å². The summed E-state index contributed by atoms with van der Waals surface area (Å²) in [6, 6.07) is 5.90. The van der Waals surface area contributed by atoms with Crippen LogP contribution in [0.5, 0.6) is 0 Å². The van der Waals surface area contributed by atoms with Crippen molar-refractivity contribution in [3.63, 3.8) is 0 Å². The van der Waals surface area contributed by atoms with Crippen molar-refractivity contribution in [3.05, 3.63) is 46.1 Å². The SMILES string of the molecule is CCCn1nc(C)c(C(=O)Nc2nc(-c3ccc4c(c3)CCC(=O)N4)cs2)c1C. The smallest absolute Gasteiger partial charge is 0.261 e. The standard InChI is InChI=1S/C21H23N5O2S/c1-4-9-26-13(3)19(12(2)25-26)20(28)24-21-23-17(11-29-21)15-5-7-16-14(10-15)6-8-18(27)22-16/h5,7,10-11H,4,6,8-9H2,1-3H3,(H,22,27)(H,23,24,28). The van der Waals surface area contributed by atoms with Crippen LogP contribution in [0.3, 0.4) is 0 Å². The molecule has 0 atom stereocenters. The number of amides is 2. The van der Waals surface area contributed by atoms with Crippen molar-refractivity contribution in [1.82, 2.24) is 14.8 Å². The van der Waals surface area contributed by atoms with E-state index in [9.17, 15) is 9.59 Å². The third kappa shape index (κ3) is 3.80. The molecule has 0 saturated heterocycles. The molecule has 2 aromatic heterocycles. The van der Waals surface area contributed by atoms with Gasteiger partial charge in [-0.05, 0) is 44.4 Å². The highest BCUT2D eigenvalue weighted by atomic mass is 32.1. The van der Waals surface area contributed by atoms with E-state index in [0.29, 0.717) is 17.1 Å². The van der Waals surface area contributed by atoms with Crippen molar-refractivity contribution in [2.24, 2.45) is 0 Å². The summed E-state index contributed by atoms with van der Waals surface area (Å²) in [6.07, 6.45) is 2.19. The highest BCUT2D eigenvalue weighted by molar-refractivity contribution is 7.14. The minimum absolute atomic E-state index is 0.0525. The molecule has 8 heteroatoms. The highest BCUT2D eigenvalue weighted by Crippen LogP contribution is 2.31. The van der Waals surface area contributed by atoms with E-state index in [4.69, 9.17) is 0 Å². The average molecular weight is 410 g/mol. The maximum Gasteiger partial charge on any atom is 0.261 e. The number of aryl methyl sites for hydroxylation is 3. The molecule has 7 nitrogen and oxygen atoms in total. The maximum atomic E-state index is 12.8. The molecule has 1 aliphatic rings. The molecule has 3 aromatic rings. The molecule has 150 valence electrons. The number of anilines is 2. The molecule has 0 aliphatic carbocycles. The number of carbonyl (C=O) groups is 2. The Balaban J connectivity index is 1.53. The van der Waals surface area contributed by atoms with Gasteiger partial charge in [0.05, 0.1) is 17.0 Å². The van der Waals surface area contributed by atoms with Gasteiger partial charge in [0.2, 0.25) is 5.91 Å². The molecule has 1 aromatic carbocycles. The summed E-state index contributed by atoms with van der Waals surface area (Å²) in [6.45, 7) is 6.65. The molecule has 2 N–H and O–H groups in total. The molecule has 0 bridgehead atoms. The lowest BCUT2D eigenvalue weighted by Gasteiger charge is -2.17. The van der Waals surface area contributed by atoms with Crippen LogP contribution in [0.4, 0.5) is 10.8 Å². The lowest BCUT2D eigenvalue weighted by Crippen LogP contribution is -2.18. The van der Waals surface area contributed by atoms with Crippen molar-refractivity contribution in [2.75, 3.05) is 10.6 Å². The third-order valence-electron chi connectivity index (χ3n) is 5.07. The molecule has 0 fully saturated rings. The lowest BCUT2D eigenvalue weighted by molar-refractivity contribution is -0.116. The molecule has 4 rings (SSSR count). The third-order valence-corrected chi connectivity index (χ3v) is 5.82. The Bertz CT molecular complexity index is 1100. The van der Waals surface area contributed by atoms with Gasteiger partial charge < -0.3 is 5.32 Å². The van der Waals surface area contributed by atoms with Gasteiger partial charge >= 0.3 is 0 Å². The zero-order valence-electron chi connectivity index (χ0n) is 16.7. The minimum atomic E-state index is -0.184. The molecule has 0 radical (unpaired) electrons. The number of nitrogens with one attached hydrogen (secondary N) is 2. The Hall–Kier alpha value is -3.00. The van der Waals surface area contributed by atoms with Crippen LogP contribution in [0, 0.1) is 13.8 Å². The van der Waals surface area contributed by atoms with Crippen molar-refractivity contribution >= 4 is 34.0 Å². The first kappa shape index (κ1) is 19.3. The fraction of sp³-hybridized carbons (Fsp3) is 0.333. The van der Waals surface area contributed by atoms with E-state index < -0.39 is 0 Å². The lowest BCUT2D eigenvalue weighted by atomic mass is 9.99. The van der Waals surface area contributed by atoms with Crippen LogP contribution in [0.15, 0.2) is 23.6 Å². The van der Waals surface area contributed by atoms with Crippen LogP contribution < -0.4 is 10.6 Å². The van der Waals surface area contributed by atoms with Gasteiger partial charge in [0.1, 0.15) is 0 Å². The molecule has 1 aliphatic heterocycles. The largest absolute Gasteiger partial charge is 0.326 e. The van der Waals surface area contributed by atoms with E-state index in [2.05, 4.69) is 33.7 Å². The number of hydrogen-bond acceptors (Lipinski definition) is 5. The van der Waals surface area contributed by atoms with Gasteiger partial charge in [-0.25, -0.2) is 4.98 Å². The van der Waals surface area contributed by atoms with E-state index in [-0.39, 0.29) is 11.8 Å². The number of fused-ring (bicyclic) bond motifs is 1. The molecule has 0 spiro atoms. The summed E-state index contributed by atoms with van der Waals surface area (Å²) in [7, 11) is 0. The number of aromatic nitrogens is 3. The van der Waals surface area contributed by atoms with E-state index in [0.717, 1.165) is 53.3 Å². The number of thiazole rings is 1. The van der Waals surface area contributed by atoms with Gasteiger partial charge in [-0.1, -0.05) is 13.0 Å². The normalized spacial score (nSPS) is 13.1. The summed E-state index contributed by atoms with van der Waals surface area (Å²) >= 11 is 1.39. The van der Waals surface area contributed by atoms with Gasteiger partial charge in [-0.3, -0.25) is 19.6 Å². The first-order valence-corrected chi connectivity index (χ1v) is 10.6. The highest BCUT2D eigenvalue weighted by Gasteiger charge is 2.20. The number of carbonyl (C=O) groups excluding carboxylic acids is 2. The van der Waals surface area contributed by atoms with Crippen LogP contribution in [0.25, 0.3) is 11.3 Å². The van der Waals surface area contributed by atoms with Gasteiger partial charge in [0.15, 0.2) is 5.13 Å². The summed E-state index contributed by atoms with van der Waals surface area (Å²) < 4.78 is 1.88. The zero-order chi connectivity index (χ0) is 20.5. The summed E-state index contributed by atoms with van der Waals surface area (Å²) in [5.41, 5.74) is 5.95. The van der Waals surface area contributed by atoms with Gasteiger partial charge in [0.25, 0.3) is 5.91 Å². The predicted octanol–water partition coefficient (Wildman–Crippen LogP) is 4.17. The zero-order valence-corrected chi connectivity index (χ0v) is 17.5.